The lowest BCUT2D eigenvalue weighted by atomic mass is 10.0. The number of aliphatic hydroxyl groups excluding tert-OH is 1. The van der Waals surface area contributed by atoms with Gasteiger partial charge in [-0.05, 0) is 99.8 Å². The Morgan fingerprint density at radius 3 is 2.16 bits per heavy atom. The number of nitrogens with zero attached hydrogens (tertiary/aromatic N) is 2. The second-order valence-electron chi connectivity index (χ2n) is 12.4. The third-order valence-electron chi connectivity index (χ3n) is 8.31. The van der Waals surface area contributed by atoms with Crippen LogP contribution in [0, 0.1) is 17.6 Å². The molecule has 0 bridgehead atoms. The molecule has 0 unspecified atom stereocenters. The van der Waals surface area contributed by atoms with Crippen LogP contribution in [-0.4, -0.2) is 84.5 Å². The fourth-order valence-corrected chi connectivity index (χ4v) is 5.39. The Balaban J connectivity index is 1.57. The zero-order chi connectivity index (χ0) is 35.5. The number of fused-ring (bicyclic) bond motifs is 1. The topological polar surface area (TPSA) is 132 Å². The van der Waals surface area contributed by atoms with E-state index in [1.54, 1.807) is 31.0 Å². The van der Waals surface area contributed by atoms with E-state index in [9.17, 15) is 28.3 Å². The van der Waals surface area contributed by atoms with Gasteiger partial charge in [-0.25, -0.2) is 18.4 Å². The Morgan fingerprint density at radius 1 is 0.939 bits per heavy atom. The largest absolute Gasteiger partial charge is 0.490 e. The number of halogens is 2. The molecule has 1 aliphatic heterocycles. The highest BCUT2D eigenvalue weighted by atomic mass is 19.1. The van der Waals surface area contributed by atoms with Crippen molar-refractivity contribution in [2.24, 2.45) is 5.92 Å². The second-order valence-corrected chi connectivity index (χ2v) is 12.4. The molecule has 4 atom stereocenters. The van der Waals surface area contributed by atoms with Crippen molar-refractivity contribution in [3.05, 3.63) is 83.9 Å². The highest BCUT2D eigenvalue weighted by Crippen LogP contribution is 2.29. The summed E-state index contributed by atoms with van der Waals surface area (Å²) in [6.45, 7) is 6.07. The molecule has 0 spiro atoms. The van der Waals surface area contributed by atoms with Gasteiger partial charge in [-0.1, -0.05) is 6.92 Å². The van der Waals surface area contributed by atoms with Crippen LogP contribution in [0.4, 0.5) is 35.4 Å². The summed E-state index contributed by atoms with van der Waals surface area (Å²) in [6.07, 6.45) is 1.52. The molecule has 1 heterocycles. The lowest BCUT2D eigenvalue weighted by molar-refractivity contribution is -0.0115. The molecule has 0 radical (unpaired) electrons. The zero-order valence-electron chi connectivity index (χ0n) is 28.2. The molecule has 5 amide bonds. The van der Waals surface area contributed by atoms with Gasteiger partial charge < -0.3 is 40.3 Å². The molecule has 0 aliphatic carbocycles. The molecular formula is C36H45F2N5O6. The second kappa shape index (κ2) is 17.6. The van der Waals surface area contributed by atoms with E-state index in [2.05, 4.69) is 16.0 Å². The van der Waals surface area contributed by atoms with E-state index in [1.807, 2.05) is 13.8 Å². The summed E-state index contributed by atoms with van der Waals surface area (Å²) in [4.78, 5) is 43.1. The van der Waals surface area contributed by atoms with Gasteiger partial charge in [-0.3, -0.25) is 4.79 Å². The molecule has 3 aromatic carbocycles. The van der Waals surface area contributed by atoms with Gasteiger partial charge in [0.1, 0.15) is 17.4 Å². The van der Waals surface area contributed by atoms with Gasteiger partial charge in [0.25, 0.3) is 5.91 Å². The number of amides is 5. The highest BCUT2D eigenvalue weighted by molar-refractivity contribution is 6.02. The minimum atomic E-state index is -0.591. The molecule has 0 saturated heterocycles. The fourth-order valence-electron chi connectivity index (χ4n) is 5.39. The summed E-state index contributed by atoms with van der Waals surface area (Å²) in [7, 11) is 1.63. The van der Waals surface area contributed by atoms with Crippen LogP contribution in [0.2, 0.25) is 0 Å². The van der Waals surface area contributed by atoms with E-state index in [-0.39, 0.29) is 37.3 Å². The van der Waals surface area contributed by atoms with E-state index in [4.69, 9.17) is 9.47 Å². The molecule has 49 heavy (non-hydrogen) atoms. The van der Waals surface area contributed by atoms with Crippen LogP contribution in [0.25, 0.3) is 0 Å². The van der Waals surface area contributed by atoms with Crippen molar-refractivity contribution in [1.29, 1.82) is 0 Å². The van der Waals surface area contributed by atoms with Crippen LogP contribution in [0.1, 0.15) is 50.4 Å². The number of ether oxygens (including phenoxy) is 2. The lowest BCUT2D eigenvalue weighted by Gasteiger charge is -2.35. The van der Waals surface area contributed by atoms with Crippen LogP contribution in [0.15, 0.2) is 66.7 Å². The SMILES string of the molecule is C[C@@H]1CCCCO[C@H](CN(C)C(=O)Nc2ccc(F)cc2)[C@H](C)CN([C@@H](C)CO)C(=O)c2cc(NC(=O)Nc3ccc(F)cc3)ccc2O1. The van der Waals surface area contributed by atoms with Gasteiger partial charge in [0.15, 0.2) is 0 Å². The Labute approximate surface area is 285 Å². The van der Waals surface area contributed by atoms with Crippen molar-refractivity contribution < 1.29 is 37.7 Å². The van der Waals surface area contributed by atoms with Crippen LogP contribution >= 0.6 is 0 Å². The summed E-state index contributed by atoms with van der Waals surface area (Å²) < 4.78 is 39.2. The van der Waals surface area contributed by atoms with Gasteiger partial charge in [0.05, 0.1) is 30.4 Å². The number of urea groups is 2. The number of aliphatic hydroxyl groups is 1. The van der Waals surface area contributed by atoms with E-state index in [0.717, 1.165) is 12.8 Å². The molecule has 0 saturated carbocycles. The number of hydrogen-bond donors (Lipinski definition) is 4. The predicted octanol–water partition coefficient (Wildman–Crippen LogP) is 6.57. The molecular weight excluding hydrogens is 636 g/mol. The average Bonchev–Trinajstić information content (AvgIpc) is 3.07. The van der Waals surface area contributed by atoms with E-state index in [1.165, 1.54) is 59.5 Å². The van der Waals surface area contributed by atoms with E-state index < -0.39 is 41.7 Å². The normalized spacial score (nSPS) is 19.4. The van der Waals surface area contributed by atoms with Gasteiger partial charge >= 0.3 is 12.1 Å². The Hall–Kier alpha value is -4.75. The minimum absolute atomic E-state index is 0.177. The Kier molecular flexibility index (Phi) is 13.3. The third-order valence-corrected chi connectivity index (χ3v) is 8.31. The summed E-state index contributed by atoms with van der Waals surface area (Å²) in [5.41, 5.74) is 1.36. The number of carbonyl (C=O) groups excluding carboxylic acids is 3. The van der Waals surface area contributed by atoms with E-state index >= 15 is 0 Å². The van der Waals surface area contributed by atoms with Crippen LogP contribution in [0.3, 0.4) is 0 Å². The summed E-state index contributed by atoms with van der Waals surface area (Å²) in [6, 6.07) is 14.0. The van der Waals surface area contributed by atoms with Crippen LogP contribution in [0.5, 0.6) is 5.75 Å². The fraction of sp³-hybridized carbons (Fsp3) is 0.417. The van der Waals surface area contributed by atoms with Crippen LogP contribution < -0.4 is 20.7 Å². The number of anilines is 3. The molecule has 0 fully saturated rings. The van der Waals surface area contributed by atoms with Gasteiger partial charge in [-0.15, -0.1) is 0 Å². The van der Waals surface area contributed by atoms with Gasteiger partial charge in [-0.2, -0.15) is 0 Å². The third kappa shape index (κ3) is 10.9. The van der Waals surface area contributed by atoms with E-state index in [0.29, 0.717) is 35.8 Å². The first kappa shape index (κ1) is 37.1. The first-order valence-electron chi connectivity index (χ1n) is 16.4. The lowest BCUT2D eigenvalue weighted by Crippen LogP contribution is -2.48. The summed E-state index contributed by atoms with van der Waals surface area (Å²) in [5.74, 6) is -1.21. The molecule has 4 rings (SSSR count). The summed E-state index contributed by atoms with van der Waals surface area (Å²) >= 11 is 0. The minimum Gasteiger partial charge on any atom is -0.490 e. The van der Waals surface area contributed by atoms with Crippen LogP contribution in [-0.2, 0) is 4.74 Å². The highest BCUT2D eigenvalue weighted by Gasteiger charge is 2.31. The molecule has 3 aromatic rings. The number of hydrogen-bond acceptors (Lipinski definition) is 6. The molecule has 0 aromatic heterocycles. The van der Waals surface area contributed by atoms with Crippen molar-refractivity contribution in [3.8, 4) is 5.75 Å². The average molecular weight is 682 g/mol. The van der Waals surface area contributed by atoms with Crippen molar-refractivity contribution in [2.75, 3.05) is 49.3 Å². The quantitative estimate of drug-likeness (QED) is 0.223. The molecule has 11 nitrogen and oxygen atoms in total. The summed E-state index contributed by atoms with van der Waals surface area (Å²) in [5, 5.41) is 18.3. The van der Waals surface area contributed by atoms with Crippen molar-refractivity contribution >= 4 is 35.0 Å². The zero-order valence-corrected chi connectivity index (χ0v) is 28.2. The molecule has 4 N–H and O–H groups in total. The molecule has 264 valence electrons. The first-order chi connectivity index (χ1) is 23.4. The predicted molar refractivity (Wildman–Crippen MR) is 184 cm³/mol. The van der Waals surface area contributed by atoms with Gasteiger partial charge in [0.2, 0.25) is 0 Å². The first-order valence-corrected chi connectivity index (χ1v) is 16.4. The van der Waals surface area contributed by atoms with Crippen molar-refractivity contribution in [3.63, 3.8) is 0 Å². The number of carbonyl (C=O) groups is 3. The number of likely N-dealkylation sites (N-methyl/N-ethyl adjacent to an activating group) is 1. The maximum Gasteiger partial charge on any atom is 0.323 e. The van der Waals surface area contributed by atoms with Crippen molar-refractivity contribution in [1.82, 2.24) is 9.80 Å². The van der Waals surface area contributed by atoms with Crippen molar-refractivity contribution in [2.45, 2.75) is 58.3 Å². The Morgan fingerprint density at radius 2 is 1.53 bits per heavy atom. The maximum absolute atomic E-state index is 14.3. The molecule has 1 aliphatic rings. The number of rotatable bonds is 7. The monoisotopic (exact) mass is 681 g/mol. The standard InChI is InChI=1S/C36H45F2N5O6/c1-23-20-43(24(2)22-44)34(45)31-19-30(40-35(46)39-28-12-8-26(37)9-13-28)16-17-32(31)49-25(3)7-5-6-18-48-33(23)21-42(4)36(47)41-29-14-10-27(38)11-15-29/h8-17,19,23-25,33,44H,5-7,18,20-22H2,1-4H3,(H,41,47)(H2,39,40,46)/t23-,24+,25-,33-/m1/s1. The number of nitrogens with one attached hydrogen (secondary N) is 3. The maximum atomic E-state index is 14.3. The smallest absolute Gasteiger partial charge is 0.323 e. The molecule has 13 heteroatoms. The van der Waals surface area contributed by atoms with Gasteiger partial charge in [0, 0.05) is 49.7 Å². The number of benzene rings is 3. The Bertz CT molecular complexity index is 1560.